The van der Waals surface area contributed by atoms with Gasteiger partial charge in [-0.15, -0.1) is 0 Å². The third kappa shape index (κ3) is 1.93. The Morgan fingerprint density at radius 1 is 0.870 bits per heavy atom. The summed E-state index contributed by atoms with van der Waals surface area (Å²) in [5, 5.41) is 9.44. The molecule has 1 aliphatic heterocycles. The van der Waals surface area contributed by atoms with Crippen molar-refractivity contribution in [2.45, 2.75) is 12.8 Å². The standard InChI is InChI=1S/C21H16ClN/c22-19-12-16(10-11-23-19)17-8-6-15-5-4-13-2-1-3-14-7-9-18(17)21(15)20(13)14/h1-6,8,10,12,23H,7,9,11H2. The first-order valence-electron chi connectivity index (χ1n) is 8.09. The first-order valence-corrected chi connectivity index (χ1v) is 8.47. The molecule has 0 aromatic heterocycles. The Morgan fingerprint density at radius 2 is 1.70 bits per heavy atom. The van der Waals surface area contributed by atoms with Crippen LogP contribution in [0.15, 0.2) is 59.8 Å². The molecule has 0 spiro atoms. The summed E-state index contributed by atoms with van der Waals surface area (Å²) < 4.78 is 0. The molecular formula is C21H16ClN. The molecule has 0 fully saturated rings. The van der Waals surface area contributed by atoms with Crippen LogP contribution >= 0.6 is 11.6 Å². The van der Waals surface area contributed by atoms with Gasteiger partial charge in [-0.05, 0) is 62.7 Å². The van der Waals surface area contributed by atoms with Gasteiger partial charge >= 0.3 is 0 Å². The first-order chi connectivity index (χ1) is 11.3. The smallest absolute Gasteiger partial charge is 0.103 e. The molecule has 0 saturated carbocycles. The lowest BCUT2D eigenvalue weighted by Gasteiger charge is -2.23. The number of hydrogen-bond donors (Lipinski definition) is 1. The zero-order valence-corrected chi connectivity index (χ0v) is 13.5. The van der Waals surface area contributed by atoms with E-state index in [0.717, 1.165) is 24.5 Å². The Labute approximate surface area is 140 Å². The van der Waals surface area contributed by atoms with Gasteiger partial charge < -0.3 is 5.32 Å². The molecule has 1 nitrogen and oxygen atoms in total. The molecule has 0 bridgehead atoms. The fourth-order valence-corrected chi connectivity index (χ4v) is 4.23. The van der Waals surface area contributed by atoms with Crippen LogP contribution in [-0.4, -0.2) is 6.54 Å². The minimum Gasteiger partial charge on any atom is -0.372 e. The van der Waals surface area contributed by atoms with E-state index < -0.39 is 0 Å². The molecule has 2 heteroatoms. The summed E-state index contributed by atoms with van der Waals surface area (Å²) in [7, 11) is 0. The monoisotopic (exact) mass is 317 g/mol. The second-order valence-corrected chi connectivity index (χ2v) is 6.71. The van der Waals surface area contributed by atoms with Gasteiger partial charge in [0.25, 0.3) is 0 Å². The predicted molar refractivity (Wildman–Crippen MR) is 98.8 cm³/mol. The Bertz CT molecular complexity index is 1030. The van der Waals surface area contributed by atoms with E-state index in [9.17, 15) is 0 Å². The lowest BCUT2D eigenvalue weighted by molar-refractivity contribution is 0.946. The van der Waals surface area contributed by atoms with Crippen molar-refractivity contribution in [3.8, 4) is 0 Å². The molecule has 2 aliphatic rings. The number of nitrogens with one attached hydrogen (secondary N) is 1. The minimum absolute atomic E-state index is 0.726. The number of benzene rings is 3. The quantitative estimate of drug-likeness (QED) is 0.483. The summed E-state index contributed by atoms with van der Waals surface area (Å²) in [5.41, 5.74) is 5.52. The number of rotatable bonds is 1. The Morgan fingerprint density at radius 3 is 2.57 bits per heavy atom. The van der Waals surface area contributed by atoms with Crippen molar-refractivity contribution in [3.05, 3.63) is 76.5 Å². The predicted octanol–water partition coefficient (Wildman–Crippen LogP) is 5.16. The number of aryl methyl sites for hydroxylation is 2. The number of allylic oxidation sites excluding steroid dienone is 2. The van der Waals surface area contributed by atoms with E-state index in [-0.39, 0.29) is 0 Å². The van der Waals surface area contributed by atoms with Gasteiger partial charge in [0.05, 0.1) is 0 Å². The van der Waals surface area contributed by atoms with Gasteiger partial charge in [-0.1, -0.05) is 60.1 Å². The summed E-state index contributed by atoms with van der Waals surface area (Å²) in [4.78, 5) is 0. The van der Waals surface area contributed by atoms with Crippen molar-refractivity contribution in [2.24, 2.45) is 0 Å². The fraction of sp³-hybridized carbons (Fsp3) is 0.143. The molecule has 3 aromatic carbocycles. The van der Waals surface area contributed by atoms with Crippen molar-refractivity contribution >= 4 is 38.7 Å². The fourth-order valence-electron chi connectivity index (χ4n) is 4.03. The van der Waals surface area contributed by atoms with Gasteiger partial charge in [-0.3, -0.25) is 0 Å². The molecule has 0 amide bonds. The van der Waals surface area contributed by atoms with Gasteiger partial charge in [0.1, 0.15) is 5.16 Å². The van der Waals surface area contributed by atoms with Gasteiger partial charge in [-0.2, -0.15) is 0 Å². The molecule has 1 N–H and O–H groups in total. The number of dihydropyridines is 1. The first kappa shape index (κ1) is 13.2. The molecule has 0 saturated heterocycles. The van der Waals surface area contributed by atoms with Gasteiger partial charge in [0.15, 0.2) is 0 Å². The van der Waals surface area contributed by atoms with Crippen molar-refractivity contribution < 1.29 is 0 Å². The zero-order valence-electron chi connectivity index (χ0n) is 12.7. The van der Waals surface area contributed by atoms with E-state index in [2.05, 4.69) is 53.9 Å². The lowest BCUT2D eigenvalue weighted by Crippen LogP contribution is -2.14. The van der Waals surface area contributed by atoms with Crippen LogP contribution in [0.5, 0.6) is 0 Å². The van der Waals surface area contributed by atoms with Gasteiger partial charge in [0, 0.05) is 6.54 Å². The van der Waals surface area contributed by atoms with E-state index in [1.807, 2.05) is 6.08 Å². The molecule has 0 radical (unpaired) electrons. The largest absolute Gasteiger partial charge is 0.372 e. The van der Waals surface area contributed by atoms with Crippen molar-refractivity contribution in [1.29, 1.82) is 0 Å². The molecule has 23 heavy (non-hydrogen) atoms. The van der Waals surface area contributed by atoms with E-state index >= 15 is 0 Å². The number of halogens is 1. The highest BCUT2D eigenvalue weighted by molar-refractivity contribution is 6.30. The van der Waals surface area contributed by atoms with Crippen LogP contribution in [0.4, 0.5) is 0 Å². The van der Waals surface area contributed by atoms with Crippen molar-refractivity contribution in [2.75, 3.05) is 6.54 Å². The van der Waals surface area contributed by atoms with E-state index in [1.54, 1.807) is 0 Å². The highest BCUT2D eigenvalue weighted by Gasteiger charge is 2.19. The maximum absolute atomic E-state index is 6.19. The van der Waals surface area contributed by atoms with Gasteiger partial charge in [-0.25, -0.2) is 0 Å². The molecule has 5 rings (SSSR count). The third-order valence-electron chi connectivity index (χ3n) is 5.05. The third-order valence-corrected chi connectivity index (χ3v) is 5.29. The molecule has 0 atom stereocenters. The topological polar surface area (TPSA) is 12.0 Å². The molecule has 3 aromatic rings. The van der Waals surface area contributed by atoms with Gasteiger partial charge in [0.2, 0.25) is 0 Å². The van der Waals surface area contributed by atoms with E-state index in [0.29, 0.717) is 0 Å². The summed E-state index contributed by atoms with van der Waals surface area (Å²) in [6.07, 6.45) is 6.48. The van der Waals surface area contributed by atoms with Crippen LogP contribution in [0, 0.1) is 0 Å². The Hall–Kier alpha value is -2.25. The summed E-state index contributed by atoms with van der Waals surface area (Å²) >= 11 is 6.19. The average Bonchev–Trinajstić information content (AvgIpc) is 2.59. The maximum atomic E-state index is 6.19. The van der Waals surface area contributed by atoms with Crippen LogP contribution in [-0.2, 0) is 12.8 Å². The highest BCUT2D eigenvalue weighted by Crippen LogP contribution is 2.39. The average molecular weight is 318 g/mol. The maximum Gasteiger partial charge on any atom is 0.103 e. The van der Waals surface area contributed by atoms with Crippen LogP contribution in [0.2, 0.25) is 0 Å². The highest BCUT2D eigenvalue weighted by atomic mass is 35.5. The van der Waals surface area contributed by atoms with Crippen LogP contribution in [0.25, 0.3) is 27.1 Å². The summed E-state index contributed by atoms with van der Waals surface area (Å²) in [6.45, 7) is 0.795. The van der Waals surface area contributed by atoms with E-state index in [1.165, 1.54) is 43.8 Å². The Kier molecular flexibility index (Phi) is 2.80. The summed E-state index contributed by atoms with van der Waals surface area (Å²) in [6, 6.07) is 15.7. The second kappa shape index (κ2) is 4.87. The normalized spacial score (nSPS) is 16.4. The molecule has 112 valence electrons. The van der Waals surface area contributed by atoms with E-state index in [4.69, 9.17) is 11.6 Å². The molecule has 1 aliphatic carbocycles. The van der Waals surface area contributed by atoms with Crippen LogP contribution in [0.1, 0.15) is 16.7 Å². The van der Waals surface area contributed by atoms with Crippen LogP contribution in [0.3, 0.4) is 0 Å². The number of hydrogen-bond acceptors (Lipinski definition) is 1. The second-order valence-electron chi connectivity index (χ2n) is 6.30. The SMILES string of the molecule is ClC1=CC(c2ccc3ccc4cccc5c4c3c2CC5)=CCN1. The Balaban J connectivity index is 1.89. The van der Waals surface area contributed by atoms with Crippen molar-refractivity contribution in [1.82, 2.24) is 5.32 Å². The summed E-state index contributed by atoms with van der Waals surface area (Å²) in [5.74, 6) is 0. The molecule has 1 heterocycles. The lowest BCUT2D eigenvalue weighted by atomic mass is 9.82. The minimum atomic E-state index is 0.726. The van der Waals surface area contributed by atoms with Crippen molar-refractivity contribution in [3.63, 3.8) is 0 Å². The molecule has 0 unspecified atom stereocenters. The van der Waals surface area contributed by atoms with Crippen LogP contribution < -0.4 is 5.32 Å². The zero-order chi connectivity index (χ0) is 15.4. The molecular weight excluding hydrogens is 302 g/mol.